The second-order valence-corrected chi connectivity index (χ2v) is 17.1. The normalized spacial score (nSPS) is 12.7. The fraction of sp³-hybridized carbons (Fsp3) is 0.164. The average Bonchev–Trinajstić information content (AvgIpc) is 3.90. The van der Waals surface area contributed by atoms with Gasteiger partial charge < -0.3 is 13.7 Å². The number of hydrogen-bond acceptors (Lipinski definition) is 2. The molecule has 0 radical (unpaired) electrons. The van der Waals surface area contributed by atoms with Crippen molar-refractivity contribution in [2.24, 2.45) is 0 Å². The van der Waals surface area contributed by atoms with Crippen LogP contribution >= 0.6 is 0 Å². The number of para-hydroxylation sites is 1. The minimum absolute atomic E-state index is 0.0475. The summed E-state index contributed by atoms with van der Waals surface area (Å²) >= 11 is 0. The van der Waals surface area contributed by atoms with Crippen LogP contribution in [0.3, 0.4) is 0 Å². The summed E-state index contributed by atoms with van der Waals surface area (Å²) < 4.78 is 6.85. The lowest BCUT2D eigenvalue weighted by Crippen LogP contribution is -2.10. The van der Waals surface area contributed by atoms with Gasteiger partial charge in [0.15, 0.2) is 0 Å². The van der Waals surface area contributed by atoms with Gasteiger partial charge in [-0.15, -0.1) is 6.58 Å². The van der Waals surface area contributed by atoms with Crippen LogP contribution in [0.2, 0.25) is 0 Å². The molecule has 0 amide bonds. The second-order valence-electron chi connectivity index (χ2n) is 17.1. The number of fused-ring (bicyclic) bond motifs is 9. The van der Waals surface area contributed by atoms with E-state index < -0.39 is 0 Å². The van der Waals surface area contributed by atoms with E-state index in [1.54, 1.807) is 0 Å². The Hall–Kier alpha value is -7.34. The summed E-state index contributed by atoms with van der Waals surface area (Å²) in [5.74, 6) is 0.353. The average molecular weight is 778 g/mol. The van der Waals surface area contributed by atoms with Crippen molar-refractivity contribution in [1.29, 1.82) is 10.5 Å². The van der Waals surface area contributed by atoms with Gasteiger partial charge in [0.2, 0.25) is 0 Å². The van der Waals surface area contributed by atoms with E-state index in [9.17, 15) is 10.5 Å². The number of hydrogen-bond donors (Lipinski definition) is 0. The van der Waals surface area contributed by atoms with Gasteiger partial charge >= 0.3 is 0 Å². The Labute approximate surface area is 351 Å². The van der Waals surface area contributed by atoms with Crippen molar-refractivity contribution in [3.63, 3.8) is 0 Å². The lowest BCUT2D eigenvalue weighted by molar-refractivity contribution is 0.591. The molecule has 3 aromatic heterocycles. The van der Waals surface area contributed by atoms with Crippen LogP contribution in [0.5, 0.6) is 0 Å². The maximum absolute atomic E-state index is 10.5. The smallest absolute Gasteiger partial charge is 0.0999 e. The number of aromatic nitrogens is 3. The molecule has 0 aliphatic rings. The number of aryl methyl sites for hydroxylation is 1. The fourth-order valence-corrected chi connectivity index (χ4v) is 9.00. The van der Waals surface area contributed by atoms with Crippen LogP contribution in [-0.2, 0) is 11.8 Å². The molecular formula is C55H47N5. The van der Waals surface area contributed by atoms with Crippen molar-refractivity contribution in [3.05, 3.63) is 175 Å². The summed E-state index contributed by atoms with van der Waals surface area (Å²) in [6, 6.07) is 48.3. The molecule has 9 rings (SSSR count). The first-order valence-corrected chi connectivity index (χ1v) is 20.7. The topological polar surface area (TPSA) is 62.4 Å². The Kier molecular flexibility index (Phi) is 9.42. The molecule has 5 nitrogen and oxygen atoms in total. The summed E-state index contributed by atoms with van der Waals surface area (Å²) in [6.07, 6.45) is 6.85. The van der Waals surface area contributed by atoms with E-state index in [1.807, 2.05) is 12.2 Å². The van der Waals surface area contributed by atoms with Crippen LogP contribution in [0.15, 0.2) is 158 Å². The van der Waals surface area contributed by atoms with Crippen LogP contribution in [0.4, 0.5) is 0 Å². The molecule has 0 saturated carbocycles. The van der Waals surface area contributed by atoms with Gasteiger partial charge in [0.25, 0.3) is 0 Å². The first-order chi connectivity index (χ1) is 29.0. The van der Waals surface area contributed by atoms with Gasteiger partial charge in [0.1, 0.15) is 0 Å². The summed E-state index contributed by atoms with van der Waals surface area (Å²) in [5.41, 5.74) is 11.5. The molecule has 0 aliphatic heterocycles. The zero-order valence-electron chi connectivity index (χ0n) is 34.9. The van der Waals surface area contributed by atoms with E-state index >= 15 is 0 Å². The zero-order valence-corrected chi connectivity index (χ0v) is 34.9. The van der Waals surface area contributed by atoms with Gasteiger partial charge in [-0.3, -0.25) is 0 Å². The Morgan fingerprint density at radius 3 is 2.12 bits per heavy atom. The van der Waals surface area contributed by atoms with Crippen molar-refractivity contribution in [2.45, 2.75) is 58.8 Å². The van der Waals surface area contributed by atoms with E-state index in [-0.39, 0.29) is 11.0 Å². The van der Waals surface area contributed by atoms with E-state index in [1.165, 1.54) is 28.3 Å². The molecule has 0 fully saturated rings. The number of nitriles is 2. The molecule has 0 unspecified atom stereocenters. The zero-order chi connectivity index (χ0) is 41.9. The lowest BCUT2D eigenvalue weighted by Gasteiger charge is -2.20. The minimum atomic E-state index is -0.0475. The highest BCUT2D eigenvalue weighted by molar-refractivity contribution is 6.23. The Balaban J connectivity index is 1.38. The first kappa shape index (κ1) is 38.2. The summed E-state index contributed by atoms with van der Waals surface area (Å²) in [4.78, 5) is 0. The molecular weight excluding hydrogens is 731 g/mol. The van der Waals surface area contributed by atoms with Crippen molar-refractivity contribution in [2.75, 3.05) is 0 Å². The maximum Gasteiger partial charge on any atom is 0.0999 e. The maximum atomic E-state index is 10.5. The highest BCUT2D eigenvalue weighted by Crippen LogP contribution is 2.43. The summed E-state index contributed by atoms with van der Waals surface area (Å²) in [5, 5.41) is 28.3. The van der Waals surface area contributed by atoms with Crippen molar-refractivity contribution >= 4 is 76.7 Å². The Bertz CT molecular complexity index is 3390. The van der Waals surface area contributed by atoms with Gasteiger partial charge in [0, 0.05) is 44.4 Å². The largest absolute Gasteiger partial charge is 0.314 e. The molecule has 9 aromatic rings. The molecule has 60 heavy (non-hydrogen) atoms. The molecule has 0 bridgehead atoms. The molecule has 0 N–H and O–H groups in total. The van der Waals surface area contributed by atoms with Crippen LogP contribution in [-0.4, -0.2) is 13.7 Å². The fourth-order valence-electron chi connectivity index (χ4n) is 9.00. The molecule has 6 aromatic carbocycles. The van der Waals surface area contributed by atoms with E-state index in [4.69, 9.17) is 6.58 Å². The van der Waals surface area contributed by atoms with Crippen molar-refractivity contribution < 1.29 is 0 Å². The third-order valence-corrected chi connectivity index (χ3v) is 12.1. The number of rotatable bonds is 9. The molecule has 3 heterocycles. The number of allylic oxidation sites excluding steroid dienone is 6. The van der Waals surface area contributed by atoms with Crippen molar-refractivity contribution in [3.8, 4) is 17.8 Å². The minimum Gasteiger partial charge on any atom is -0.314 e. The molecule has 5 heteroatoms. The van der Waals surface area contributed by atoms with Gasteiger partial charge in [-0.1, -0.05) is 108 Å². The molecule has 0 spiro atoms. The summed E-state index contributed by atoms with van der Waals surface area (Å²) in [7, 11) is 0. The standard InChI is InChI=1S/C55H47N5/c1-8-9-16-42-30-40-15-11-13-18-48(40)59(42)43-22-26-51-47(33-43)54-44-17-12-10-14-38(44)19-24-52(54)60(51)53(29-37(34-57)27-28-56)36(4)58-49-23-20-39(35(2)3)31-45(49)46-32-41(55(5,6)7)21-25-50(46)58/h8,10-15,17-27,29-33,35H,1,4,9,16H2,2-3,5-7H3/b37-27-,53-29+. The SMILES string of the molecule is C=CCCc1cc2ccccc2n1-c1ccc2c(c1)c1c3ccccc3ccc1n2/C(=C/C(C#N)=C/C#N)C(=C)n1c2ccc(C(C)C)cc2c2cc(C(C)(C)C)ccc21. The molecule has 0 aliphatic carbocycles. The van der Waals surface area contributed by atoms with Gasteiger partial charge in [0.05, 0.1) is 56.7 Å². The van der Waals surface area contributed by atoms with Crippen LogP contribution < -0.4 is 0 Å². The molecule has 0 saturated heterocycles. The van der Waals surface area contributed by atoms with E-state index in [0.29, 0.717) is 17.3 Å². The molecule has 0 atom stereocenters. The van der Waals surface area contributed by atoms with Gasteiger partial charge in [-0.05, 0) is 113 Å². The Morgan fingerprint density at radius 1 is 0.700 bits per heavy atom. The lowest BCUT2D eigenvalue weighted by atomic mass is 9.86. The van der Waals surface area contributed by atoms with Gasteiger partial charge in [-0.2, -0.15) is 10.5 Å². The third kappa shape index (κ3) is 6.23. The highest BCUT2D eigenvalue weighted by atomic mass is 15.1. The second kappa shape index (κ2) is 14.8. The van der Waals surface area contributed by atoms with E-state index in [2.05, 4.69) is 188 Å². The monoisotopic (exact) mass is 777 g/mol. The summed E-state index contributed by atoms with van der Waals surface area (Å²) in [6.45, 7) is 20.1. The number of benzene rings is 6. The van der Waals surface area contributed by atoms with Gasteiger partial charge in [-0.25, -0.2) is 0 Å². The predicted octanol–water partition coefficient (Wildman–Crippen LogP) is 14.5. The number of nitrogens with zero attached hydrogens (tertiary/aromatic N) is 5. The van der Waals surface area contributed by atoms with Crippen LogP contribution in [0.25, 0.3) is 82.4 Å². The van der Waals surface area contributed by atoms with Crippen LogP contribution in [0, 0.1) is 22.7 Å². The molecule has 292 valence electrons. The predicted molar refractivity (Wildman–Crippen MR) is 253 cm³/mol. The third-order valence-electron chi connectivity index (χ3n) is 12.1. The highest BCUT2D eigenvalue weighted by Gasteiger charge is 2.24. The Morgan fingerprint density at radius 2 is 1.38 bits per heavy atom. The quantitative estimate of drug-likeness (QED) is 0.0832. The van der Waals surface area contributed by atoms with Crippen molar-refractivity contribution in [1.82, 2.24) is 13.7 Å². The van der Waals surface area contributed by atoms with E-state index in [0.717, 1.165) is 78.4 Å². The van der Waals surface area contributed by atoms with Crippen LogP contribution in [0.1, 0.15) is 63.8 Å². The first-order valence-electron chi connectivity index (χ1n) is 20.7.